The van der Waals surface area contributed by atoms with Gasteiger partial charge in [-0.05, 0) is 32.9 Å². The smallest absolute Gasteiger partial charge is 0.360 e. The third kappa shape index (κ3) is 2.80. The van der Waals surface area contributed by atoms with E-state index in [2.05, 4.69) is 11.2 Å². The number of aryl methyl sites for hydroxylation is 1. The van der Waals surface area contributed by atoms with Crippen LogP contribution in [0.3, 0.4) is 0 Å². The number of ether oxygens (including phenoxy) is 1. The summed E-state index contributed by atoms with van der Waals surface area (Å²) >= 11 is 1.87. The molecule has 0 amide bonds. The lowest BCUT2D eigenvalue weighted by Gasteiger charge is -2.32. The summed E-state index contributed by atoms with van der Waals surface area (Å²) in [6.45, 7) is 4.02. The second-order valence-corrected chi connectivity index (χ2v) is 6.19. The highest BCUT2D eigenvalue weighted by molar-refractivity contribution is 7.99. The van der Waals surface area contributed by atoms with Gasteiger partial charge in [0.25, 0.3) is 0 Å². The van der Waals surface area contributed by atoms with Gasteiger partial charge in [0, 0.05) is 11.3 Å². The molecule has 6 heteroatoms. The van der Waals surface area contributed by atoms with Crippen LogP contribution in [-0.2, 0) is 4.74 Å². The van der Waals surface area contributed by atoms with Crippen LogP contribution in [0.5, 0.6) is 0 Å². The number of nitrogens with zero attached hydrogens (tertiary/aromatic N) is 2. The highest BCUT2D eigenvalue weighted by Gasteiger charge is 2.30. The van der Waals surface area contributed by atoms with E-state index in [9.17, 15) is 4.79 Å². The molecule has 1 fully saturated rings. The highest BCUT2D eigenvalue weighted by Crippen LogP contribution is 2.38. The number of hydrogen-bond donors (Lipinski definition) is 1. The van der Waals surface area contributed by atoms with Crippen molar-refractivity contribution in [2.75, 3.05) is 18.6 Å². The van der Waals surface area contributed by atoms with Crippen LogP contribution >= 0.6 is 11.8 Å². The molecule has 2 atom stereocenters. The summed E-state index contributed by atoms with van der Waals surface area (Å²) in [6.07, 6.45) is 6.89. The number of thioether (sulfide) groups is 1. The zero-order valence-electron chi connectivity index (χ0n) is 12.4. The Balaban J connectivity index is 2.34. The Morgan fingerprint density at radius 1 is 1.50 bits per heavy atom. The van der Waals surface area contributed by atoms with Crippen LogP contribution in [0.25, 0.3) is 0 Å². The van der Waals surface area contributed by atoms with Crippen LogP contribution < -0.4 is 5.73 Å². The van der Waals surface area contributed by atoms with Gasteiger partial charge >= 0.3 is 5.97 Å². The van der Waals surface area contributed by atoms with Gasteiger partial charge in [0.15, 0.2) is 5.69 Å². The Kier molecular flexibility index (Phi) is 4.96. The van der Waals surface area contributed by atoms with E-state index in [0.29, 0.717) is 23.7 Å². The molecule has 2 unspecified atom stereocenters. The molecule has 5 nitrogen and oxygen atoms in total. The molecular weight excluding hydrogens is 274 g/mol. The van der Waals surface area contributed by atoms with Crippen molar-refractivity contribution >= 4 is 23.5 Å². The number of carbonyl (C=O) groups is 1. The number of esters is 1. The molecule has 112 valence electrons. The standard InChI is InChI=1S/C14H23N3O2S/c1-4-19-14(18)12-13(15)17(9(2)16-12)10-7-5-6-8-11(10)20-3/h10-11H,4-8,15H2,1-3H3. The lowest BCUT2D eigenvalue weighted by molar-refractivity contribution is 0.0521. The fourth-order valence-corrected chi connectivity index (χ4v) is 3.95. The van der Waals surface area contributed by atoms with Crippen molar-refractivity contribution in [3.63, 3.8) is 0 Å². The summed E-state index contributed by atoms with van der Waals surface area (Å²) in [5, 5.41) is 0.536. The lowest BCUT2D eigenvalue weighted by Crippen LogP contribution is -2.27. The summed E-state index contributed by atoms with van der Waals surface area (Å²) < 4.78 is 7.05. The van der Waals surface area contributed by atoms with Crippen molar-refractivity contribution in [3.8, 4) is 0 Å². The maximum absolute atomic E-state index is 11.9. The van der Waals surface area contributed by atoms with Gasteiger partial charge in [-0.1, -0.05) is 12.8 Å². The van der Waals surface area contributed by atoms with Crippen molar-refractivity contribution in [3.05, 3.63) is 11.5 Å². The molecule has 1 heterocycles. The van der Waals surface area contributed by atoms with Crippen molar-refractivity contribution in [2.24, 2.45) is 0 Å². The maximum Gasteiger partial charge on any atom is 0.360 e. The topological polar surface area (TPSA) is 70.1 Å². The Morgan fingerprint density at radius 2 is 2.20 bits per heavy atom. The van der Waals surface area contributed by atoms with Crippen LogP contribution in [0.1, 0.15) is 55.0 Å². The first-order valence-corrected chi connectivity index (χ1v) is 8.43. The highest BCUT2D eigenvalue weighted by atomic mass is 32.2. The Morgan fingerprint density at radius 3 is 2.85 bits per heavy atom. The molecule has 0 bridgehead atoms. The van der Waals surface area contributed by atoms with Gasteiger partial charge < -0.3 is 15.0 Å². The average Bonchev–Trinajstić information content (AvgIpc) is 2.74. The predicted octanol–water partition coefficient (Wildman–Crippen LogP) is 2.80. The fourth-order valence-electron chi connectivity index (χ4n) is 2.98. The monoisotopic (exact) mass is 297 g/mol. The number of imidazole rings is 1. The normalized spacial score (nSPS) is 22.8. The van der Waals surface area contributed by atoms with Crippen LogP contribution in [-0.4, -0.2) is 33.6 Å². The van der Waals surface area contributed by atoms with Gasteiger partial charge in [0.05, 0.1) is 6.61 Å². The number of rotatable bonds is 4. The molecule has 0 aromatic carbocycles. The molecular formula is C14H23N3O2S. The summed E-state index contributed by atoms with van der Waals surface area (Å²) in [6, 6.07) is 0.328. The average molecular weight is 297 g/mol. The molecule has 0 radical (unpaired) electrons. The first-order chi connectivity index (χ1) is 9.60. The minimum atomic E-state index is -0.427. The predicted molar refractivity (Wildman–Crippen MR) is 82.1 cm³/mol. The Hall–Kier alpha value is -1.17. The van der Waals surface area contributed by atoms with E-state index in [-0.39, 0.29) is 5.69 Å². The molecule has 1 saturated carbocycles. The summed E-state index contributed by atoms with van der Waals surface area (Å²) in [5.41, 5.74) is 6.43. The first kappa shape index (κ1) is 15.2. The fraction of sp³-hybridized carbons (Fsp3) is 0.714. The van der Waals surface area contributed by atoms with Gasteiger partial charge in [-0.15, -0.1) is 0 Å². The van der Waals surface area contributed by atoms with Gasteiger partial charge in [-0.2, -0.15) is 11.8 Å². The van der Waals surface area contributed by atoms with Crippen LogP contribution in [0.2, 0.25) is 0 Å². The largest absolute Gasteiger partial charge is 0.461 e. The molecule has 1 aliphatic rings. The van der Waals surface area contributed by atoms with Crippen LogP contribution in [0.15, 0.2) is 0 Å². The number of carbonyl (C=O) groups excluding carboxylic acids is 1. The van der Waals surface area contributed by atoms with Crippen molar-refractivity contribution in [1.29, 1.82) is 0 Å². The molecule has 0 spiro atoms. The number of anilines is 1. The third-order valence-electron chi connectivity index (χ3n) is 3.90. The summed E-state index contributed by atoms with van der Waals surface area (Å²) in [7, 11) is 0. The summed E-state index contributed by atoms with van der Waals surface area (Å²) in [5.74, 6) is 0.826. The quantitative estimate of drug-likeness (QED) is 0.865. The van der Waals surface area contributed by atoms with Gasteiger partial charge in [0.2, 0.25) is 0 Å². The molecule has 2 N–H and O–H groups in total. The van der Waals surface area contributed by atoms with Crippen molar-refractivity contribution in [1.82, 2.24) is 9.55 Å². The second-order valence-electron chi connectivity index (χ2n) is 5.11. The molecule has 1 aromatic rings. The van der Waals surface area contributed by atoms with Gasteiger partial charge in [-0.3, -0.25) is 0 Å². The van der Waals surface area contributed by atoms with Crippen molar-refractivity contribution < 1.29 is 9.53 Å². The van der Waals surface area contributed by atoms with E-state index in [1.807, 2.05) is 23.3 Å². The van der Waals surface area contributed by atoms with Crippen molar-refractivity contribution in [2.45, 2.75) is 50.8 Å². The van der Waals surface area contributed by atoms with E-state index < -0.39 is 5.97 Å². The molecule has 1 aliphatic carbocycles. The molecule has 2 rings (SSSR count). The number of nitrogen functional groups attached to an aromatic ring is 1. The summed E-state index contributed by atoms with van der Waals surface area (Å²) in [4.78, 5) is 16.2. The van der Waals surface area contributed by atoms with Gasteiger partial charge in [0.1, 0.15) is 11.6 Å². The van der Waals surface area contributed by atoms with E-state index in [4.69, 9.17) is 10.5 Å². The molecule has 20 heavy (non-hydrogen) atoms. The zero-order chi connectivity index (χ0) is 14.7. The Labute approximate surface area is 124 Å². The van der Waals surface area contributed by atoms with E-state index in [1.165, 1.54) is 19.3 Å². The minimum Gasteiger partial charge on any atom is -0.461 e. The zero-order valence-corrected chi connectivity index (χ0v) is 13.2. The van der Waals surface area contributed by atoms with Crippen LogP contribution in [0.4, 0.5) is 5.82 Å². The molecule has 0 saturated heterocycles. The lowest BCUT2D eigenvalue weighted by atomic mass is 9.94. The maximum atomic E-state index is 11.9. The first-order valence-electron chi connectivity index (χ1n) is 7.14. The molecule has 1 aromatic heterocycles. The van der Waals surface area contributed by atoms with Crippen LogP contribution in [0, 0.1) is 6.92 Å². The van der Waals surface area contributed by atoms with E-state index >= 15 is 0 Å². The number of aromatic nitrogens is 2. The number of nitrogens with two attached hydrogens (primary N) is 1. The van der Waals surface area contributed by atoms with E-state index in [0.717, 1.165) is 12.2 Å². The van der Waals surface area contributed by atoms with E-state index in [1.54, 1.807) is 6.92 Å². The number of hydrogen-bond acceptors (Lipinski definition) is 5. The van der Waals surface area contributed by atoms with Gasteiger partial charge in [-0.25, -0.2) is 9.78 Å². The second kappa shape index (κ2) is 6.52. The molecule has 0 aliphatic heterocycles. The SMILES string of the molecule is CCOC(=O)c1nc(C)n(C2CCCCC2SC)c1N. The third-order valence-corrected chi connectivity index (χ3v) is 5.05. The Bertz CT molecular complexity index is 487. The minimum absolute atomic E-state index is 0.259.